The van der Waals surface area contributed by atoms with Crippen molar-refractivity contribution in [3.8, 4) is 5.82 Å². The van der Waals surface area contributed by atoms with Gasteiger partial charge < -0.3 is 5.32 Å². The number of alkyl halides is 3. The molecule has 1 amide bonds. The molecule has 0 atom stereocenters. The van der Waals surface area contributed by atoms with E-state index in [0.29, 0.717) is 23.9 Å². The highest BCUT2D eigenvalue weighted by Crippen LogP contribution is 2.28. The third-order valence-corrected chi connectivity index (χ3v) is 4.18. The third kappa shape index (κ3) is 4.19. The number of carbonyl (C=O) groups is 1. The zero-order valence-corrected chi connectivity index (χ0v) is 14.8. The average Bonchev–Trinajstić information content (AvgIpc) is 3.04. The van der Waals surface area contributed by atoms with Crippen molar-refractivity contribution < 1.29 is 22.4 Å². The minimum absolute atomic E-state index is 0.163. The van der Waals surface area contributed by atoms with Crippen molar-refractivity contribution in [1.82, 2.24) is 20.1 Å². The molecule has 0 bridgehead atoms. The van der Waals surface area contributed by atoms with Crippen LogP contribution in [0.25, 0.3) is 5.82 Å². The summed E-state index contributed by atoms with van der Waals surface area (Å²) in [5.41, 5.74) is 0.308. The lowest BCUT2D eigenvalue weighted by atomic mass is 10.1. The van der Waals surface area contributed by atoms with Crippen molar-refractivity contribution in [2.45, 2.75) is 19.5 Å². The van der Waals surface area contributed by atoms with E-state index in [1.807, 2.05) is 0 Å². The molecule has 28 heavy (non-hydrogen) atoms. The first-order chi connectivity index (χ1) is 13.3. The number of nitrogens with zero attached hydrogens (tertiary/aromatic N) is 3. The quantitative estimate of drug-likeness (QED) is 0.674. The number of benzene rings is 1. The zero-order chi connectivity index (χ0) is 20.3. The van der Waals surface area contributed by atoms with Crippen LogP contribution in [0.15, 0.2) is 48.8 Å². The molecule has 1 N–H and O–H groups in total. The van der Waals surface area contributed by atoms with Crippen LogP contribution >= 0.6 is 0 Å². The molecule has 0 aliphatic carbocycles. The summed E-state index contributed by atoms with van der Waals surface area (Å²) in [7, 11) is 0. The van der Waals surface area contributed by atoms with E-state index in [2.05, 4.69) is 15.4 Å². The topological polar surface area (TPSA) is 59.8 Å². The van der Waals surface area contributed by atoms with Gasteiger partial charge in [0.2, 0.25) is 0 Å². The summed E-state index contributed by atoms with van der Waals surface area (Å²) in [6.07, 6.45) is -2.13. The Morgan fingerprint density at radius 2 is 1.89 bits per heavy atom. The number of nitrogens with one attached hydrogen (secondary N) is 1. The molecule has 0 spiro atoms. The summed E-state index contributed by atoms with van der Waals surface area (Å²) in [5.74, 6) is -0.586. The number of rotatable bonds is 5. The molecule has 0 fully saturated rings. The molecule has 0 saturated heterocycles. The minimum atomic E-state index is -4.48. The van der Waals surface area contributed by atoms with Crippen LogP contribution in [0.1, 0.15) is 27.2 Å². The van der Waals surface area contributed by atoms with Gasteiger partial charge in [0.05, 0.1) is 23.0 Å². The van der Waals surface area contributed by atoms with Crippen molar-refractivity contribution in [2.24, 2.45) is 0 Å². The van der Waals surface area contributed by atoms with Crippen molar-refractivity contribution in [1.29, 1.82) is 0 Å². The Balaban J connectivity index is 1.68. The van der Waals surface area contributed by atoms with Crippen molar-refractivity contribution in [3.63, 3.8) is 0 Å². The molecule has 0 saturated carbocycles. The summed E-state index contributed by atoms with van der Waals surface area (Å²) in [6, 6.07) is 8.37. The standard InChI is InChI=1S/C19H16F4N4O/c1-12-15(18(28)24-9-8-13-4-2-3-5-16(13)20)11-26-27(12)17-7-6-14(10-25-17)19(21,22)23/h2-7,10-11H,8-9H2,1H3,(H,24,28). The summed E-state index contributed by atoms with van der Waals surface area (Å²) in [4.78, 5) is 16.1. The summed E-state index contributed by atoms with van der Waals surface area (Å²) in [6.45, 7) is 1.83. The first-order valence-corrected chi connectivity index (χ1v) is 8.37. The fraction of sp³-hybridized carbons (Fsp3) is 0.211. The van der Waals surface area contributed by atoms with E-state index in [1.54, 1.807) is 25.1 Å². The molecule has 0 unspecified atom stereocenters. The predicted octanol–water partition coefficient (Wildman–Crippen LogP) is 3.71. The highest BCUT2D eigenvalue weighted by Gasteiger charge is 2.30. The van der Waals surface area contributed by atoms with Crippen LogP contribution in [0, 0.1) is 12.7 Å². The van der Waals surface area contributed by atoms with Gasteiger partial charge in [0.25, 0.3) is 5.91 Å². The van der Waals surface area contributed by atoms with Crippen LogP contribution in [0.2, 0.25) is 0 Å². The molecular weight excluding hydrogens is 376 g/mol. The second-order valence-electron chi connectivity index (χ2n) is 6.06. The third-order valence-electron chi connectivity index (χ3n) is 4.18. The van der Waals surface area contributed by atoms with Gasteiger partial charge in [-0.3, -0.25) is 4.79 Å². The van der Waals surface area contributed by atoms with Crippen molar-refractivity contribution in [2.75, 3.05) is 6.54 Å². The van der Waals surface area contributed by atoms with Gasteiger partial charge in [-0.2, -0.15) is 18.3 Å². The normalized spacial score (nSPS) is 11.5. The van der Waals surface area contributed by atoms with Crippen LogP contribution < -0.4 is 5.32 Å². The van der Waals surface area contributed by atoms with Gasteiger partial charge >= 0.3 is 6.18 Å². The Kier molecular flexibility index (Phi) is 5.43. The van der Waals surface area contributed by atoms with Crippen molar-refractivity contribution in [3.05, 3.63) is 77.0 Å². The molecular formula is C19H16F4N4O. The SMILES string of the molecule is Cc1c(C(=O)NCCc2ccccc2F)cnn1-c1ccc(C(F)(F)F)cn1. The molecule has 3 aromatic rings. The summed E-state index contributed by atoms with van der Waals surface area (Å²) < 4.78 is 52.8. The minimum Gasteiger partial charge on any atom is -0.352 e. The first-order valence-electron chi connectivity index (χ1n) is 8.37. The molecule has 2 aromatic heterocycles. The van der Waals surface area contributed by atoms with Crippen LogP contribution in [-0.2, 0) is 12.6 Å². The molecule has 9 heteroatoms. The molecule has 2 heterocycles. The van der Waals surface area contributed by atoms with E-state index in [-0.39, 0.29) is 23.7 Å². The van der Waals surface area contributed by atoms with E-state index >= 15 is 0 Å². The highest BCUT2D eigenvalue weighted by molar-refractivity contribution is 5.95. The van der Waals surface area contributed by atoms with Gasteiger partial charge in [-0.15, -0.1) is 0 Å². The van der Waals surface area contributed by atoms with E-state index in [1.165, 1.54) is 23.0 Å². The Morgan fingerprint density at radius 3 is 2.54 bits per heavy atom. The maximum atomic E-state index is 13.6. The summed E-state index contributed by atoms with van der Waals surface area (Å²) >= 11 is 0. The maximum Gasteiger partial charge on any atom is 0.417 e. The van der Waals surface area contributed by atoms with Gasteiger partial charge in [0.15, 0.2) is 5.82 Å². The fourth-order valence-electron chi connectivity index (χ4n) is 2.65. The Labute approximate surface area is 158 Å². The highest BCUT2D eigenvalue weighted by atomic mass is 19.4. The zero-order valence-electron chi connectivity index (χ0n) is 14.8. The number of halogens is 4. The number of hydrogen-bond acceptors (Lipinski definition) is 3. The molecule has 146 valence electrons. The van der Waals surface area contributed by atoms with Gasteiger partial charge in [-0.05, 0) is 37.1 Å². The Bertz CT molecular complexity index is 980. The Hall–Kier alpha value is -3.23. The van der Waals surface area contributed by atoms with Crippen molar-refractivity contribution >= 4 is 5.91 Å². The van der Waals surface area contributed by atoms with Gasteiger partial charge in [-0.25, -0.2) is 14.1 Å². The van der Waals surface area contributed by atoms with E-state index in [0.717, 1.165) is 6.07 Å². The van der Waals surface area contributed by atoms with Crippen LogP contribution in [0.3, 0.4) is 0 Å². The van der Waals surface area contributed by atoms with Crippen LogP contribution in [0.5, 0.6) is 0 Å². The largest absolute Gasteiger partial charge is 0.417 e. The molecule has 0 radical (unpaired) electrons. The number of aromatic nitrogens is 3. The van der Waals surface area contributed by atoms with Gasteiger partial charge in [0.1, 0.15) is 5.82 Å². The first kappa shape index (κ1) is 19.5. The van der Waals surface area contributed by atoms with Gasteiger partial charge in [0, 0.05) is 12.7 Å². The molecule has 0 aliphatic rings. The van der Waals surface area contributed by atoms with Gasteiger partial charge in [-0.1, -0.05) is 18.2 Å². The predicted molar refractivity (Wildman–Crippen MR) is 93.5 cm³/mol. The Morgan fingerprint density at radius 1 is 1.14 bits per heavy atom. The lowest BCUT2D eigenvalue weighted by Crippen LogP contribution is -2.26. The second-order valence-corrected chi connectivity index (χ2v) is 6.06. The smallest absolute Gasteiger partial charge is 0.352 e. The molecule has 1 aromatic carbocycles. The van der Waals surface area contributed by atoms with E-state index in [9.17, 15) is 22.4 Å². The monoisotopic (exact) mass is 392 g/mol. The van der Waals surface area contributed by atoms with Crippen LogP contribution in [0.4, 0.5) is 17.6 Å². The maximum absolute atomic E-state index is 13.6. The van der Waals surface area contributed by atoms with E-state index in [4.69, 9.17) is 0 Å². The molecule has 5 nitrogen and oxygen atoms in total. The number of carbonyl (C=O) groups excluding carboxylic acids is 1. The average molecular weight is 392 g/mol. The second kappa shape index (κ2) is 7.79. The number of hydrogen-bond donors (Lipinski definition) is 1. The fourth-order valence-corrected chi connectivity index (χ4v) is 2.65. The van der Waals surface area contributed by atoms with Crippen LogP contribution in [-0.4, -0.2) is 27.2 Å². The lowest BCUT2D eigenvalue weighted by molar-refractivity contribution is -0.137. The molecule has 3 rings (SSSR count). The van der Waals surface area contributed by atoms with E-state index < -0.39 is 17.6 Å². The number of pyridine rings is 1. The summed E-state index contributed by atoms with van der Waals surface area (Å²) in [5, 5.41) is 6.71. The molecule has 0 aliphatic heterocycles. The number of amides is 1. The lowest BCUT2D eigenvalue weighted by Gasteiger charge is -2.08.